The van der Waals surface area contributed by atoms with Crippen molar-refractivity contribution in [3.05, 3.63) is 36.2 Å². The van der Waals surface area contributed by atoms with E-state index in [4.69, 9.17) is 5.73 Å². The van der Waals surface area contributed by atoms with Crippen molar-refractivity contribution < 1.29 is 4.79 Å². The SMILES string of the molecule is CC(C)CC(CN)NC(=O)c1cccc(-n2cnnn2)c1.Cl. The van der Waals surface area contributed by atoms with Crippen molar-refractivity contribution >= 4 is 18.3 Å². The molecule has 1 amide bonds. The van der Waals surface area contributed by atoms with E-state index in [1.807, 2.05) is 6.07 Å². The van der Waals surface area contributed by atoms with Crippen LogP contribution in [0, 0.1) is 5.92 Å². The van der Waals surface area contributed by atoms with Crippen LogP contribution in [-0.4, -0.2) is 38.7 Å². The predicted octanol–water partition coefficient (Wildman–Crippen LogP) is 1.19. The van der Waals surface area contributed by atoms with Crippen molar-refractivity contribution in [1.82, 2.24) is 25.5 Å². The number of hydrogen-bond acceptors (Lipinski definition) is 5. The van der Waals surface area contributed by atoms with E-state index in [0.717, 1.165) is 12.1 Å². The molecule has 1 aromatic carbocycles. The molecule has 22 heavy (non-hydrogen) atoms. The molecular formula is C14H21ClN6O. The Kier molecular flexibility index (Phi) is 6.94. The van der Waals surface area contributed by atoms with Gasteiger partial charge in [0.25, 0.3) is 5.91 Å². The Morgan fingerprint density at radius 2 is 2.18 bits per heavy atom. The number of carbonyl (C=O) groups is 1. The fourth-order valence-corrected chi connectivity index (χ4v) is 2.12. The van der Waals surface area contributed by atoms with Crippen LogP contribution < -0.4 is 11.1 Å². The molecule has 0 aliphatic rings. The number of benzene rings is 1. The maximum Gasteiger partial charge on any atom is 0.251 e. The quantitative estimate of drug-likeness (QED) is 0.831. The number of nitrogens with two attached hydrogens (primary N) is 1. The van der Waals surface area contributed by atoms with Crippen molar-refractivity contribution in [3.63, 3.8) is 0 Å². The second-order valence-electron chi connectivity index (χ2n) is 5.34. The summed E-state index contributed by atoms with van der Waals surface area (Å²) in [7, 11) is 0. The third-order valence-corrected chi connectivity index (χ3v) is 3.10. The van der Waals surface area contributed by atoms with Crippen LogP contribution in [0.25, 0.3) is 5.69 Å². The number of nitrogens with zero attached hydrogens (tertiary/aromatic N) is 4. The lowest BCUT2D eigenvalue weighted by atomic mass is 10.0. The van der Waals surface area contributed by atoms with E-state index in [9.17, 15) is 4.79 Å². The van der Waals surface area contributed by atoms with Gasteiger partial charge in [0.15, 0.2) is 0 Å². The Morgan fingerprint density at radius 3 is 2.77 bits per heavy atom. The van der Waals surface area contributed by atoms with E-state index in [0.29, 0.717) is 18.0 Å². The number of carbonyl (C=O) groups excluding carboxylic acids is 1. The molecule has 0 saturated heterocycles. The average Bonchev–Trinajstić information content (AvgIpc) is 3.00. The fourth-order valence-electron chi connectivity index (χ4n) is 2.12. The molecule has 120 valence electrons. The highest BCUT2D eigenvalue weighted by Crippen LogP contribution is 2.10. The summed E-state index contributed by atoms with van der Waals surface area (Å²) < 4.78 is 1.51. The summed E-state index contributed by atoms with van der Waals surface area (Å²) in [6.45, 7) is 4.64. The summed E-state index contributed by atoms with van der Waals surface area (Å²) in [6.07, 6.45) is 2.34. The molecule has 1 aromatic heterocycles. The van der Waals surface area contributed by atoms with Gasteiger partial charge in [-0.15, -0.1) is 17.5 Å². The maximum atomic E-state index is 12.3. The zero-order valence-corrected chi connectivity index (χ0v) is 13.5. The highest BCUT2D eigenvalue weighted by Gasteiger charge is 2.14. The molecule has 0 spiro atoms. The van der Waals surface area contributed by atoms with Crippen molar-refractivity contribution in [1.29, 1.82) is 0 Å². The molecule has 2 aromatic rings. The predicted molar refractivity (Wildman–Crippen MR) is 86.2 cm³/mol. The lowest BCUT2D eigenvalue weighted by Gasteiger charge is -2.19. The average molecular weight is 325 g/mol. The maximum absolute atomic E-state index is 12.3. The second kappa shape index (κ2) is 8.45. The van der Waals surface area contributed by atoms with Gasteiger partial charge in [-0.05, 0) is 41.0 Å². The van der Waals surface area contributed by atoms with Crippen molar-refractivity contribution in [3.8, 4) is 5.69 Å². The van der Waals surface area contributed by atoms with E-state index in [1.54, 1.807) is 18.2 Å². The first-order valence-electron chi connectivity index (χ1n) is 6.94. The zero-order valence-electron chi connectivity index (χ0n) is 12.6. The summed E-state index contributed by atoms with van der Waals surface area (Å²) in [5.41, 5.74) is 7.01. The van der Waals surface area contributed by atoms with Crippen molar-refractivity contribution in [2.45, 2.75) is 26.3 Å². The second-order valence-corrected chi connectivity index (χ2v) is 5.34. The van der Waals surface area contributed by atoms with Crippen LogP contribution in [0.3, 0.4) is 0 Å². The zero-order chi connectivity index (χ0) is 15.2. The Morgan fingerprint density at radius 1 is 1.41 bits per heavy atom. The van der Waals surface area contributed by atoms with Gasteiger partial charge >= 0.3 is 0 Å². The Bertz CT molecular complexity index is 587. The summed E-state index contributed by atoms with van der Waals surface area (Å²) in [5.74, 6) is 0.340. The molecule has 7 nitrogen and oxygen atoms in total. The van der Waals surface area contributed by atoms with Crippen molar-refractivity contribution in [2.24, 2.45) is 11.7 Å². The number of hydrogen-bond donors (Lipinski definition) is 2. The minimum Gasteiger partial charge on any atom is -0.348 e. The van der Waals surface area contributed by atoms with Crippen LogP contribution in [0.1, 0.15) is 30.6 Å². The molecule has 0 aliphatic carbocycles. The van der Waals surface area contributed by atoms with E-state index < -0.39 is 0 Å². The Balaban J connectivity index is 0.00000242. The van der Waals surface area contributed by atoms with Crippen LogP contribution in [-0.2, 0) is 0 Å². The number of amides is 1. The molecule has 1 heterocycles. The van der Waals surface area contributed by atoms with Gasteiger partial charge in [-0.25, -0.2) is 4.68 Å². The van der Waals surface area contributed by atoms with Crippen LogP contribution in [0.4, 0.5) is 0 Å². The molecule has 0 bridgehead atoms. The van der Waals surface area contributed by atoms with Gasteiger partial charge in [0.1, 0.15) is 6.33 Å². The van der Waals surface area contributed by atoms with Gasteiger partial charge in [0, 0.05) is 18.2 Å². The fraction of sp³-hybridized carbons (Fsp3) is 0.429. The van der Waals surface area contributed by atoms with Crippen LogP contribution in [0.5, 0.6) is 0 Å². The minimum absolute atomic E-state index is 0. The molecule has 0 saturated carbocycles. The molecule has 0 fully saturated rings. The van der Waals surface area contributed by atoms with Gasteiger partial charge in [0.2, 0.25) is 0 Å². The number of aromatic nitrogens is 4. The molecule has 1 atom stereocenters. The number of rotatable bonds is 6. The molecule has 2 rings (SSSR count). The highest BCUT2D eigenvalue weighted by molar-refractivity contribution is 5.94. The first-order chi connectivity index (χ1) is 10.1. The highest BCUT2D eigenvalue weighted by atomic mass is 35.5. The van der Waals surface area contributed by atoms with E-state index in [-0.39, 0.29) is 24.4 Å². The smallest absolute Gasteiger partial charge is 0.251 e. The van der Waals surface area contributed by atoms with Gasteiger partial charge < -0.3 is 11.1 Å². The van der Waals surface area contributed by atoms with Crippen LogP contribution >= 0.6 is 12.4 Å². The Labute approximate surface area is 135 Å². The van der Waals surface area contributed by atoms with Crippen LogP contribution in [0.15, 0.2) is 30.6 Å². The largest absolute Gasteiger partial charge is 0.348 e. The molecule has 8 heteroatoms. The number of nitrogens with one attached hydrogen (secondary N) is 1. The molecule has 3 N–H and O–H groups in total. The number of halogens is 1. The molecule has 1 unspecified atom stereocenters. The molecule has 0 radical (unpaired) electrons. The molecular weight excluding hydrogens is 304 g/mol. The lowest BCUT2D eigenvalue weighted by Crippen LogP contribution is -2.41. The first-order valence-corrected chi connectivity index (χ1v) is 6.94. The molecule has 0 aliphatic heterocycles. The van der Waals surface area contributed by atoms with Gasteiger partial charge in [-0.3, -0.25) is 4.79 Å². The van der Waals surface area contributed by atoms with Gasteiger partial charge in [0.05, 0.1) is 5.69 Å². The number of tetrazole rings is 1. The first kappa shape index (κ1) is 18.1. The van der Waals surface area contributed by atoms with E-state index in [1.165, 1.54) is 11.0 Å². The standard InChI is InChI=1S/C14H20N6O.ClH/c1-10(2)6-12(8-15)17-14(21)11-4-3-5-13(7-11)20-9-16-18-19-20;/h3-5,7,9-10,12H,6,8,15H2,1-2H3,(H,17,21);1H. The lowest BCUT2D eigenvalue weighted by molar-refractivity contribution is 0.0933. The van der Waals surface area contributed by atoms with E-state index in [2.05, 4.69) is 34.7 Å². The minimum atomic E-state index is -0.138. The van der Waals surface area contributed by atoms with Gasteiger partial charge in [-0.2, -0.15) is 0 Å². The summed E-state index contributed by atoms with van der Waals surface area (Å²) in [4.78, 5) is 12.3. The summed E-state index contributed by atoms with van der Waals surface area (Å²) in [5, 5.41) is 13.9. The van der Waals surface area contributed by atoms with Gasteiger partial charge in [-0.1, -0.05) is 19.9 Å². The summed E-state index contributed by atoms with van der Waals surface area (Å²) >= 11 is 0. The monoisotopic (exact) mass is 324 g/mol. The van der Waals surface area contributed by atoms with Crippen molar-refractivity contribution in [2.75, 3.05) is 6.54 Å². The summed E-state index contributed by atoms with van der Waals surface area (Å²) in [6, 6.07) is 7.11. The Hall–Kier alpha value is -1.99. The van der Waals surface area contributed by atoms with Crippen LogP contribution in [0.2, 0.25) is 0 Å². The third-order valence-electron chi connectivity index (χ3n) is 3.10. The topological polar surface area (TPSA) is 98.7 Å². The normalized spacial score (nSPS) is 11.8. The third kappa shape index (κ3) is 4.78. The van der Waals surface area contributed by atoms with E-state index >= 15 is 0 Å².